The molecule has 0 aliphatic carbocycles. The van der Waals surface area contributed by atoms with E-state index in [-0.39, 0.29) is 6.04 Å². The van der Waals surface area contributed by atoms with Crippen LogP contribution in [0.15, 0.2) is 39.3 Å². The molecule has 0 bridgehead atoms. The maximum atomic E-state index is 3.70. The molecule has 1 N–H and O–H groups in total. The summed E-state index contributed by atoms with van der Waals surface area (Å²) in [6.45, 7) is 4.25. The lowest BCUT2D eigenvalue weighted by Gasteiger charge is -2.22. The summed E-state index contributed by atoms with van der Waals surface area (Å²) in [6.07, 6.45) is 0. The van der Waals surface area contributed by atoms with E-state index < -0.39 is 0 Å². The molecule has 20 heavy (non-hydrogen) atoms. The maximum Gasteiger partial charge on any atom is 0.0596 e. The van der Waals surface area contributed by atoms with Crippen LogP contribution in [0.4, 0.5) is 0 Å². The minimum Gasteiger partial charge on any atom is -0.309 e. The highest BCUT2D eigenvalue weighted by atomic mass is 127. The largest absolute Gasteiger partial charge is 0.309 e. The van der Waals surface area contributed by atoms with Gasteiger partial charge in [-0.1, -0.05) is 50.1 Å². The van der Waals surface area contributed by atoms with Crippen LogP contribution in [0.1, 0.15) is 28.3 Å². The Morgan fingerprint density at radius 3 is 2.35 bits per heavy atom. The molecule has 106 valence electrons. The molecule has 1 atom stereocenters. The van der Waals surface area contributed by atoms with Crippen LogP contribution in [0.3, 0.4) is 0 Å². The Hall–Kier alpha value is 0.0900. The van der Waals surface area contributed by atoms with Crippen molar-refractivity contribution in [3.05, 3.63) is 65.1 Å². The van der Waals surface area contributed by atoms with Gasteiger partial charge in [-0.15, -0.1) is 0 Å². The molecule has 0 aliphatic heterocycles. The smallest absolute Gasteiger partial charge is 0.0596 e. The molecular formula is C16H16Br2IN. The third-order valence-electron chi connectivity index (χ3n) is 3.41. The van der Waals surface area contributed by atoms with Gasteiger partial charge in [0.15, 0.2) is 0 Å². The van der Waals surface area contributed by atoms with Gasteiger partial charge in [0.2, 0.25) is 0 Å². The SMILES string of the molecule is CNC(c1cc(Br)c(C)cc1Br)c1cccc(C)c1I. The molecule has 2 aromatic rings. The number of nitrogens with one attached hydrogen (secondary N) is 1. The van der Waals surface area contributed by atoms with Crippen molar-refractivity contribution in [3.8, 4) is 0 Å². The lowest BCUT2D eigenvalue weighted by Crippen LogP contribution is -2.19. The van der Waals surface area contributed by atoms with Crippen LogP contribution in [0.2, 0.25) is 0 Å². The van der Waals surface area contributed by atoms with E-state index in [4.69, 9.17) is 0 Å². The Morgan fingerprint density at radius 2 is 1.70 bits per heavy atom. The first kappa shape index (κ1) is 16.5. The second-order valence-corrected chi connectivity index (χ2v) is 7.61. The Morgan fingerprint density at radius 1 is 1.00 bits per heavy atom. The molecule has 2 aromatic carbocycles. The van der Waals surface area contributed by atoms with E-state index in [1.54, 1.807) is 0 Å². The minimum atomic E-state index is 0.174. The molecule has 1 nitrogen and oxygen atoms in total. The lowest BCUT2D eigenvalue weighted by atomic mass is 9.97. The van der Waals surface area contributed by atoms with Crippen LogP contribution in [-0.4, -0.2) is 7.05 Å². The fraction of sp³-hybridized carbons (Fsp3) is 0.250. The normalized spacial score (nSPS) is 12.5. The van der Waals surface area contributed by atoms with Crippen molar-refractivity contribution >= 4 is 54.5 Å². The van der Waals surface area contributed by atoms with E-state index >= 15 is 0 Å². The minimum absolute atomic E-state index is 0.174. The summed E-state index contributed by atoms with van der Waals surface area (Å²) in [4.78, 5) is 0. The van der Waals surface area contributed by atoms with Gasteiger partial charge >= 0.3 is 0 Å². The first-order chi connectivity index (χ1) is 9.45. The zero-order chi connectivity index (χ0) is 14.9. The molecule has 0 aliphatic rings. The van der Waals surface area contributed by atoms with Gasteiger partial charge in [0.25, 0.3) is 0 Å². The second-order valence-electron chi connectivity index (χ2n) is 4.82. The Kier molecular flexibility index (Phi) is 5.68. The van der Waals surface area contributed by atoms with Crippen LogP contribution in [0.25, 0.3) is 0 Å². The standard InChI is InChI=1S/C16H16Br2IN/c1-9-5-4-6-11(15(9)19)16(20-3)12-8-13(17)10(2)7-14(12)18/h4-8,16,20H,1-3H3. The molecule has 1 unspecified atom stereocenters. The van der Waals surface area contributed by atoms with Crippen molar-refractivity contribution in [1.29, 1.82) is 0 Å². The highest BCUT2D eigenvalue weighted by Crippen LogP contribution is 2.35. The van der Waals surface area contributed by atoms with Crippen LogP contribution in [0, 0.1) is 17.4 Å². The van der Waals surface area contributed by atoms with Gasteiger partial charge in [-0.25, -0.2) is 0 Å². The monoisotopic (exact) mass is 507 g/mol. The Labute approximate surface area is 150 Å². The summed E-state index contributed by atoms with van der Waals surface area (Å²) < 4.78 is 3.58. The van der Waals surface area contributed by atoms with Gasteiger partial charge in [-0.2, -0.15) is 0 Å². The molecular weight excluding hydrogens is 493 g/mol. The third kappa shape index (κ3) is 3.29. The van der Waals surface area contributed by atoms with Crippen molar-refractivity contribution in [2.75, 3.05) is 7.05 Å². The molecule has 0 saturated heterocycles. The van der Waals surface area contributed by atoms with E-state index in [0.29, 0.717) is 0 Å². The van der Waals surface area contributed by atoms with Crippen molar-refractivity contribution in [3.63, 3.8) is 0 Å². The van der Waals surface area contributed by atoms with Crippen molar-refractivity contribution in [2.45, 2.75) is 19.9 Å². The Balaban J connectivity index is 2.58. The van der Waals surface area contributed by atoms with Crippen molar-refractivity contribution in [2.24, 2.45) is 0 Å². The van der Waals surface area contributed by atoms with Gasteiger partial charge in [0.1, 0.15) is 0 Å². The molecule has 2 rings (SSSR count). The number of aryl methyl sites for hydroxylation is 2. The summed E-state index contributed by atoms with van der Waals surface area (Å²) >= 11 is 9.76. The molecule has 0 spiro atoms. The van der Waals surface area contributed by atoms with Crippen molar-refractivity contribution < 1.29 is 0 Å². The molecule has 0 saturated carbocycles. The summed E-state index contributed by atoms with van der Waals surface area (Å²) in [7, 11) is 2.00. The van der Waals surface area contributed by atoms with Gasteiger partial charge in [0.05, 0.1) is 6.04 Å². The highest BCUT2D eigenvalue weighted by molar-refractivity contribution is 14.1. The third-order valence-corrected chi connectivity index (χ3v) is 6.42. The Bertz CT molecular complexity index is 641. The summed E-state index contributed by atoms with van der Waals surface area (Å²) in [6, 6.07) is 11.0. The fourth-order valence-corrected chi connectivity index (χ4v) is 3.97. The van der Waals surface area contributed by atoms with Gasteiger partial charge in [-0.05, 0) is 77.9 Å². The highest BCUT2D eigenvalue weighted by Gasteiger charge is 2.19. The average molecular weight is 509 g/mol. The first-order valence-corrected chi connectivity index (χ1v) is 9.00. The topological polar surface area (TPSA) is 12.0 Å². The van der Waals surface area contributed by atoms with E-state index in [2.05, 4.69) is 104 Å². The molecule has 0 amide bonds. The van der Waals surface area contributed by atoms with E-state index in [9.17, 15) is 0 Å². The molecule has 0 fully saturated rings. The van der Waals surface area contributed by atoms with Crippen LogP contribution >= 0.6 is 54.5 Å². The molecule has 4 heteroatoms. The number of hydrogen-bond donors (Lipinski definition) is 1. The quantitative estimate of drug-likeness (QED) is 0.521. The van der Waals surface area contributed by atoms with Crippen LogP contribution < -0.4 is 5.32 Å². The predicted octanol–water partition coefficient (Wildman–Crippen LogP) is 5.74. The van der Waals surface area contributed by atoms with Crippen molar-refractivity contribution in [1.82, 2.24) is 5.32 Å². The summed E-state index contributed by atoms with van der Waals surface area (Å²) in [5, 5.41) is 3.43. The maximum absolute atomic E-state index is 3.70. The van der Waals surface area contributed by atoms with Gasteiger partial charge in [-0.3, -0.25) is 0 Å². The zero-order valence-corrected chi connectivity index (χ0v) is 16.9. The van der Waals surface area contributed by atoms with Gasteiger partial charge in [0, 0.05) is 12.5 Å². The number of halogens is 3. The molecule has 0 radical (unpaired) electrons. The second kappa shape index (κ2) is 6.90. The number of rotatable bonds is 3. The average Bonchev–Trinajstić information content (AvgIpc) is 2.41. The molecule has 0 heterocycles. The number of benzene rings is 2. The fourth-order valence-electron chi connectivity index (χ4n) is 2.25. The summed E-state index contributed by atoms with van der Waals surface area (Å²) in [5.41, 5.74) is 5.10. The molecule has 0 aromatic heterocycles. The lowest BCUT2D eigenvalue weighted by molar-refractivity contribution is 0.684. The van der Waals surface area contributed by atoms with Gasteiger partial charge < -0.3 is 5.32 Å². The summed E-state index contributed by atoms with van der Waals surface area (Å²) in [5.74, 6) is 0. The van der Waals surface area contributed by atoms with Crippen LogP contribution in [0.5, 0.6) is 0 Å². The zero-order valence-electron chi connectivity index (χ0n) is 11.6. The van der Waals surface area contributed by atoms with Crippen LogP contribution in [-0.2, 0) is 0 Å². The predicted molar refractivity (Wildman–Crippen MR) is 101 cm³/mol. The van der Waals surface area contributed by atoms with E-state index in [0.717, 1.165) is 8.95 Å². The van der Waals surface area contributed by atoms with E-state index in [1.165, 1.54) is 25.8 Å². The first-order valence-electron chi connectivity index (χ1n) is 6.33. The van der Waals surface area contributed by atoms with E-state index in [1.807, 2.05) is 7.05 Å². The number of hydrogen-bond acceptors (Lipinski definition) is 1.